The summed E-state index contributed by atoms with van der Waals surface area (Å²) in [6, 6.07) is 6.15. The van der Waals surface area contributed by atoms with E-state index in [2.05, 4.69) is 0 Å². The van der Waals surface area contributed by atoms with Crippen molar-refractivity contribution in [2.45, 2.75) is 12.6 Å². The lowest BCUT2D eigenvalue weighted by atomic mass is 9.94. The number of benzene rings is 2. The number of rotatable bonds is 4. The van der Waals surface area contributed by atoms with Crippen LogP contribution in [-0.4, -0.2) is 41.6 Å². The van der Waals surface area contributed by atoms with Crippen LogP contribution in [0.3, 0.4) is 0 Å². The molecule has 8 nitrogen and oxygen atoms in total. The van der Waals surface area contributed by atoms with Gasteiger partial charge in [-0.25, -0.2) is 4.39 Å². The molecule has 9 heteroatoms. The largest absolute Gasteiger partial charge is 0.496 e. The van der Waals surface area contributed by atoms with Gasteiger partial charge in [0.25, 0.3) is 11.6 Å². The number of aliphatic hydroxyl groups is 1. The molecule has 142 valence electrons. The molecule has 3 rings (SSSR count). The zero-order valence-electron chi connectivity index (χ0n) is 14.6. The molecule has 0 aromatic heterocycles. The molecule has 0 fully saturated rings. The summed E-state index contributed by atoms with van der Waals surface area (Å²) in [5.41, 5.74) is 0.328. The van der Waals surface area contributed by atoms with E-state index in [0.29, 0.717) is 28.7 Å². The molecule has 0 saturated carbocycles. The summed E-state index contributed by atoms with van der Waals surface area (Å²) in [7, 11) is 2.93. The topological polar surface area (TPSA) is 102 Å². The number of ether oxygens (including phenoxy) is 2. The molecule has 0 saturated heterocycles. The molecule has 1 atom stereocenters. The van der Waals surface area contributed by atoms with Crippen molar-refractivity contribution in [2.75, 3.05) is 20.8 Å². The first-order valence-corrected chi connectivity index (χ1v) is 8.02. The second-order valence-corrected chi connectivity index (χ2v) is 5.99. The highest BCUT2D eigenvalue weighted by molar-refractivity contribution is 5.95. The fraction of sp³-hybridized carbons (Fsp3) is 0.278. The van der Waals surface area contributed by atoms with Crippen molar-refractivity contribution >= 4 is 11.6 Å². The van der Waals surface area contributed by atoms with Gasteiger partial charge in [-0.3, -0.25) is 14.9 Å². The van der Waals surface area contributed by atoms with Crippen molar-refractivity contribution in [1.82, 2.24) is 4.90 Å². The monoisotopic (exact) mass is 376 g/mol. The van der Waals surface area contributed by atoms with E-state index in [1.54, 1.807) is 12.1 Å². The highest BCUT2D eigenvalue weighted by atomic mass is 19.1. The molecule has 1 heterocycles. The molecule has 0 bridgehead atoms. The standard InChI is InChI=1S/C18H17FN2O6/c1-26-15-5-6-16(27-2)17-12(15)8-20(9-14(17)22)18(23)11-4-3-10(21(24)25)7-13(11)19/h3-7,14,22H,8-9H2,1-2H3/t14-/m0/s1. The minimum absolute atomic E-state index is 0.0715. The number of halogens is 1. The summed E-state index contributed by atoms with van der Waals surface area (Å²) >= 11 is 0. The van der Waals surface area contributed by atoms with Crippen LogP contribution in [0, 0.1) is 15.9 Å². The van der Waals surface area contributed by atoms with E-state index >= 15 is 0 Å². The lowest BCUT2D eigenvalue weighted by Gasteiger charge is -2.34. The van der Waals surface area contributed by atoms with Crippen LogP contribution < -0.4 is 9.47 Å². The highest BCUT2D eigenvalue weighted by Gasteiger charge is 2.33. The second kappa shape index (κ2) is 7.20. The van der Waals surface area contributed by atoms with Crippen LogP contribution in [0.1, 0.15) is 27.6 Å². The maximum atomic E-state index is 14.2. The lowest BCUT2D eigenvalue weighted by molar-refractivity contribution is -0.385. The molecule has 1 aliphatic heterocycles. The smallest absolute Gasteiger partial charge is 0.272 e. The van der Waals surface area contributed by atoms with E-state index in [-0.39, 0.29) is 18.7 Å². The van der Waals surface area contributed by atoms with Gasteiger partial charge in [-0.2, -0.15) is 0 Å². The molecule has 2 aromatic rings. The predicted octanol–water partition coefficient (Wildman–Crippen LogP) is 2.44. The molecule has 2 aromatic carbocycles. The maximum absolute atomic E-state index is 14.2. The van der Waals surface area contributed by atoms with E-state index in [9.17, 15) is 24.4 Å². The third-order valence-electron chi connectivity index (χ3n) is 4.47. The SMILES string of the molecule is COc1ccc(OC)c2c1CN(C(=O)c1ccc([N+](=O)[O-])cc1F)C[C@@H]2O. The summed E-state index contributed by atoms with van der Waals surface area (Å²) < 4.78 is 24.8. The van der Waals surface area contributed by atoms with Gasteiger partial charge in [-0.15, -0.1) is 0 Å². The van der Waals surface area contributed by atoms with E-state index in [1.807, 2.05) is 0 Å². The molecular weight excluding hydrogens is 359 g/mol. The minimum Gasteiger partial charge on any atom is -0.496 e. The Morgan fingerprint density at radius 1 is 1.26 bits per heavy atom. The Kier molecular flexibility index (Phi) is 4.95. The maximum Gasteiger partial charge on any atom is 0.272 e. The van der Waals surface area contributed by atoms with E-state index in [1.165, 1.54) is 19.1 Å². The molecular formula is C18H17FN2O6. The van der Waals surface area contributed by atoms with Crippen LogP contribution in [0.5, 0.6) is 11.5 Å². The predicted molar refractivity (Wildman–Crippen MR) is 92.3 cm³/mol. The van der Waals surface area contributed by atoms with Crippen molar-refractivity contribution in [3.8, 4) is 11.5 Å². The van der Waals surface area contributed by atoms with Crippen LogP contribution in [0.2, 0.25) is 0 Å². The van der Waals surface area contributed by atoms with Crippen molar-refractivity contribution in [3.05, 3.63) is 63.0 Å². The number of fused-ring (bicyclic) bond motifs is 1. The van der Waals surface area contributed by atoms with Crippen molar-refractivity contribution in [2.24, 2.45) is 0 Å². The third-order valence-corrected chi connectivity index (χ3v) is 4.47. The number of nitrogens with zero attached hydrogens (tertiary/aromatic N) is 2. The summed E-state index contributed by atoms with van der Waals surface area (Å²) in [6.45, 7) is -0.00613. The molecule has 0 radical (unpaired) electrons. The van der Waals surface area contributed by atoms with Gasteiger partial charge in [0.1, 0.15) is 23.4 Å². The highest BCUT2D eigenvalue weighted by Crippen LogP contribution is 2.39. The zero-order valence-corrected chi connectivity index (χ0v) is 14.6. The van der Waals surface area contributed by atoms with Gasteiger partial charge < -0.3 is 19.5 Å². The van der Waals surface area contributed by atoms with Crippen LogP contribution in [-0.2, 0) is 6.54 Å². The summed E-state index contributed by atoms with van der Waals surface area (Å²) in [5, 5.41) is 21.3. The fourth-order valence-electron chi connectivity index (χ4n) is 3.19. The van der Waals surface area contributed by atoms with Crippen LogP contribution in [0.15, 0.2) is 30.3 Å². The Morgan fingerprint density at radius 3 is 2.52 bits per heavy atom. The van der Waals surface area contributed by atoms with Crippen molar-refractivity contribution < 1.29 is 28.7 Å². The number of amides is 1. The summed E-state index contributed by atoms with van der Waals surface area (Å²) in [5.74, 6) is -0.748. The molecule has 1 aliphatic rings. The normalized spacial score (nSPS) is 15.9. The number of nitro benzene ring substituents is 1. The Morgan fingerprint density at radius 2 is 1.93 bits per heavy atom. The van der Waals surface area contributed by atoms with E-state index < -0.39 is 28.4 Å². The van der Waals surface area contributed by atoms with E-state index in [0.717, 1.165) is 12.1 Å². The summed E-state index contributed by atoms with van der Waals surface area (Å²) in [6.07, 6.45) is -1.05. The second-order valence-electron chi connectivity index (χ2n) is 5.99. The van der Waals surface area contributed by atoms with Gasteiger partial charge in [0.05, 0.1) is 43.9 Å². The van der Waals surface area contributed by atoms with Crippen molar-refractivity contribution in [3.63, 3.8) is 0 Å². The van der Waals surface area contributed by atoms with Gasteiger partial charge in [0.15, 0.2) is 0 Å². The number of carbonyl (C=O) groups excluding carboxylic acids is 1. The molecule has 1 N–H and O–H groups in total. The first-order chi connectivity index (χ1) is 12.9. The average Bonchev–Trinajstić information content (AvgIpc) is 2.66. The van der Waals surface area contributed by atoms with Crippen LogP contribution in [0.25, 0.3) is 0 Å². The third kappa shape index (κ3) is 3.28. The number of nitro groups is 1. The quantitative estimate of drug-likeness (QED) is 0.650. The number of carbonyl (C=O) groups is 1. The van der Waals surface area contributed by atoms with E-state index in [4.69, 9.17) is 9.47 Å². The number of hydrogen-bond acceptors (Lipinski definition) is 6. The first-order valence-electron chi connectivity index (χ1n) is 8.02. The molecule has 0 unspecified atom stereocenters. The minimum atomic E-state index is -1.05. The fourth-order valence-corrected chi connectivity index (χ4v) is 3.19. The summed E-state index contributed by atoms with van der Waals surface area (Å²) in [4.78, 5) is 24.0. The van der Waals surface area contributed by atoms with Crippen molar-refractivity contribution in [1.29, 1.82) is 0 Å². The number of non-ortho nitro benzene ring substituents is 1. The van der Waals surface area contributed by atoms with Gasteiger partial charge in [-0.05, 0) is 18.2 Å². The molecule has 0 spiro atoms. The van der Waals surface area contributed by atoms with Crippen LogP contribution >= 0.6 is 0 Å². The van der Waals surface area contributed by atoms with Crippen LogP contribution in [0.4, 0.5) is 10.1 Å². The Balaban J connectivity index is 1.97. The lowest BCUT2D eigenvalue weighted by Crippen LogP contribution is -2.39. The van der Waals surface area contributed by atoms with Gasteiger partial charge in [-0.1, -0.05) is 0 Å². The Bertz CT molecular complexity index is 917. The first kappa shape index (κ1) is 18.6. The average molecular weight is 376 g/mol. The van der Waals surface area contributed by atoms with Gasteiger partial charge in [0.2, 0.25) is 0 Å². The molecule has 27 heavy (non-hydrogen) atoms. The Hall–Kier alpha value is -3.20. The molecule has 1 amide bonds. The van der Waals surface area contributed by atoms with Gasteiger partial charge in [0, 0.05) is 17.2 Å². The number of β-amino-alcohol motifs (C(OH)–C–C–N with tert-alkyl or cyclic N) is 1. The number of methoxy groups -OCH3 is 2. The zero-order chi connectivity index (χ0) is 19.7. The Labute approximate surface area is 153 Å². The molecule has 0 aliphatic carbocycles. The number of aliphatic hydroxyl groups excluding tert-OH is 1. The van der Waals surface area contributed by atoms with Gasteiger partial charge >= 0.3 is 0 Å². The number of hydrogen-bond donors (Lipinski definition) is 1.